The van der Waals surface area contributed by atoms with Crippen LogP contribution in [0.15, 0.2) is 4.52 Å². The third kappa shape index (κ3) is 5.38. The summed E-state index contributed by atoms with van der Waals surface area (Å²) >= 11 is 0. The summed E-state index contributed by atoms with van der Waals surface area (Å²) in [4.78, 5) is 17.7. The van der Waals surface area contributed by atoms with Gasteiger partial charge in [0.15, 0.2) is 5.82 Å². The number of rotatable bonds is 7. The number of carbonyl (C=O) groups is 1. The fraction of sp³-hybridized carbons (Fsp3) is 0.769. The first-order valence-electron chi connectivity index (χ1n) is 6.69. The van der Waals surface area contributed by atoms with Crippen LogP contribution in [0.2, 0.25) is 0 Å². The topological polar surface area (TPSA) is 85.2 Å². The van der Waals surface area contributed by atoms with Crippen LogP contribution in [-0.4, -0.2) is 40.6 Å². The number of aromatic nitrogens is 2. The Labute approximate surface area is 114 Å². The third-order valence-corrected chi connectivity index (χ3v) is 3.20. The third-order valence-electron chi connectivity index (χ3n) is 3.20. The van der Waals surface area contributed by atoms with Crippen molar-refractivity contribution in [1.82, 2.24) is 15.0 Å². The molecule has 6 nitrogen and oxygen atoms in total. The highest BCUT2D eigenvalue weighted by Gasteiger charge is 2.14. The second-order valence-electron chi connectivity index (χ2n) is 5.25. The maximum atomic E-state index is 11.9. The van der Waals surface area contributed by atoms with Gasteiger partial charge in [-0.25, -0.2) is 0 Å². The Balaban J connectivity index is 2.28. The largest absolute Gasteiger partial charge is 0.346 e. The van der Waals surface area contributed by atoms with Crippen LogP contribution in [0.4, 0.5) is 0 Å². The van der Waals surface area contributed by atoms with Gasteiger partial charge in [-0.3, -0.25) is 4.79 Å². The minimum Gasteiger partial charge on any atom is -0.346 e. The van der Waals surface area contributed by atoms with E-state index in [4.69, 9.17) is 10.3 Å². The van der Waals surface area contributed by atoms with E-state index in [0.29, 0.717) is 37.0 Å². The van der Waals surface area contributed by atoms with Crippen LogP contribution in [-0.2, 0) is 11.2 Å². The first-order chi connectivity index (χ1) is 8.90. The molecule has 6 heteroatoms. The normalized spacial score (nSPS) is 12.7. The number of carbonyl (C=O) groups excluding carboxylic acids is 1. The highest BCUT2D eigenvalue weighted by Crippen LogP contribution is 2.06. The smallest absolute Gasteiger partial charge is 0.227 e. The highest BCUT2D eigenvalue weighted by molar-refractivity contribution is 5.75. The van der Waals surface area contributed by atoms with Crippen molar-refractivity contribution in [2.45, 2.75) is 46.1 Å². The lowest BCUT2D eigenvalue weighted by Gasteiger charge is -2.21. The Morgan fingerprint density at radius 1 is 1.47 bits per heavy atom. The Kier molecular flexibility index (Phi) is 5.95. The Bertz CT molecular complexity index is 403. The van der Waals surface area contributed by atoms with E-state index in [1.807, 2.05) is 0 Å². The van der Waals surface area contributed by atoms with Crippen LogP contribution in [0.25, 0.3) is 0 Å². The molecule has 19 heavy (non-hydrogen) atoms. The van der Waals surface area contributed by atoms with Gasteiger partial charge in [-0.15, -0.1) is 0 Å². The van der Waals surface area contributed by atoms with Crippen molar-refractivity contribution in [2.75, 3.05) is 13.6 Å². The molecule has 2 N–H and O–H groups in total. The van der Waals surface area contributed by atoms with Crippen molar-refractivity contribution in [3.05, 3.63) is 11.7 Å². The maximum Gasteiger partial charge on any atom is 0.227 e. The highest BCUT2D eigenvalue weighted by atomic mass is 16.5. The summed E-state index contributed by atoms with van der Waals surface area (Å²) in [5.41, 5.74) is 5.96. The van der Waals surface area contributed by atoms with Gasteiger partial charge in [0.25, 0.3) is 0 Å². The van der Waals surface area contributed by atoms with E-state index in [-0.39, 0.29) is 11.9 Å². The van der Waals surface area contributed by atoms with E-state index in [1.165, 1.54) is 0 Å². The molecule has 0 aromatic carbocycles. The molecule has 1 aromatic rings. The van der Waals surface area contributed by atoms with E-state index >= 15 is 0 Å². The Morgan fingerprint density at radius 2 is 2.16 bits per heavy atom. The predicted molar refractivity (Wildman–Crippen MR) is 72.4 cm³/mol. The lowest BCUT2D eigenvalue weighted by atomic mass is 10.0. The van der Waals surface area contributed by atoms with Crippen molar-refractivity contribution in [2.24, 2.45) is 11.7 Å². The molecule has 0 aliphatic heterocycles. The molecule has 1 heterocycles. The zero-order chi connectivity index (χ0) is 14.4. The molecule has 1 atom stereocenters. The van der Waals surface area contributed by atoms with Crippen LogP contribution in [0, 0.1) is 12.8 Å². The van der Waals surface area contributed by atoms with Gasteiger partial charge in [0.05, 0.1) is 0 Å². The second kappa shape index (κ2) is 7.23. The van der Waals surface area contributed by atoms with Gasteiger partial charge in [0.2, 0.25) is 11.8 Å². The summed E-state index contributed by atoms with van der Waals surface area (Å²) in [6.45, 7) is 6.62. The van der Waals surface area contributed by atoms with Crippen LogP contribution in [0.5, 0.6) is 0 Å². The van der Waals surface area contributed by atoms with E-state index in [2.05, 4.69) is 24.0 Å². The molecule has 0 saturated carbocycles. The van der Waals surface area contributed by atoms with Gasteiger partial charge >= 0.3 is 0 Å². The molecule has 0 radical (unpaired) electrons. The van der Waals surface area contributed by atoms with Gasteiger partial charge in [0, 0.05) is 32.5 Å². The van der Waals surface area contributed by atoms with Gasteiger partial charge in [-0.05, 0) is 19.3 Å². The van der Waals surface area contributed by atoms with Gasteiger partial charge in [0.1, 0.15) is 0 Å². The molecule has 0 fully saturated rings. The fourth-order valence-electron chi connectivity index (χ4n) is 1.65. The number of nitrogens with two attached hydrogens (primary N) is 1. The first kappa shape index (κ1) is 15.6. The van der Waals surface area contributed by atoms with Crippen molar-refractivity contribution in [3.63, 3.8) is 0 Å². The number of aryl methyl sites for hydroxylation is 2. The molecule has 108 valence electrons. The average molecular weight is 268 g/mol. The fourth-order valence-corrected chi connectivity index (χ4v) is 1.65. The molecule has 0 aliphatic carbocycles. The number of amides is 1. The van der Waals surface area contributed by atoms with Gasteiger partial charge in [-0.1, -0.05) is 19.0 Å². The van der Waals surface area contributed by atoms with Crippen LogP contribution >= 0.6 is 0 Å². The van der Waals surface area contributed by atoms with E-state index in [0.717, 1.165) is 6.42 Å². The molecule has 1 amide bonds. The van der Waals surface area contributed by atoms with E-state index in [1.54, 1.807) is 18.9 Å². The summed E-state index contributed by atoms with van der Waals surface area (Å²) in [6.07, 6.45) is 1.69. The summed E-state index contributed by atoms with van der Waals surface area (Å²) in [5, 5.41) is 3.69. The van der Waals surface area contributed by atoms with Crippen molar-refractivity contribution in [1.29, 1.82) is 0 Å². The van der Waals surface area contributed by atoms with Crippen molar-refractivity contribution in [3.8, 4) is 0 Å². The van der Waals surface area contributed by atoms with Crippen molar-refractivity contribution >= 4 is 5.91 Å². The summed E-state index contributed by atoms with van der Waals surface area (Å²) in [7, 11) is 1.80. The maximum absolute atomic E-state index is 11.9. The quantitative estimate of drug-likeness (QED) is 0.801. The number of hydrogen-bond acceptors (Lipinski definition) is 5. The van der Waals surface area contributed by atoms with Crippen LogP contribution in [0.3, 0.4) is 0 Å². The molecule has 0 aliphatic rings. The lowest BCUT2D eigenvalue weighted by Crippen LogP contribution is -2.34. The minimum absolute atomic E-state index is 0.0757. The Morgan fingerprint density at radius 3 is 2.68 bits per heavy atom. The predicted octanol–water partition coefficient (Wildman–Crippen LogP) is 1.14. The molecular weight excluding hydrogens is 244 g/mol. The molecule has 0 bridgehead atoms. The van der Waals surface area contributed by atoms with Gasteiger partial charge < -0.3 is 15.2 Å². The molecule has 1 aromatic heterocycles. The van der Waals surface area contributed by atoms with Crippen LogP contribution < -0.4 is 5.73 Å². The summed E-state index contributed by atoms with van der Waals surface area (Å²) < 4.78 is 4.97. The second-order valence-corrected chi connectivity index (χ2v) is 5.25. The SMILES string of the molecule is Cc1noc(CCC(=O)N(C)CCC(N)C(C)C)n1. The zero-order valence-electron chi connectivity index (χ0n) is 12.2. The zero-order valence-corrected chi connectivity index (χ0v) is 12.2. The molecule has 0 saturated heterocycles. The van der Waals surface area contributed by atoms with E-state index < -0.39 is 0 Å². The van der Waals surface area contributed by atoms with Crippen molar-refractivity contribution < 1.29 is 9.32 Å². The van der Waals surface area contributed by atoms with Crippen LogP contribution in [0.1, 0.15) is 38.4 Å². The Hall–Kier alpha value is -1.43. The first-order valence-corrected chi connectivity index (χ1v) is 6.69. The minimum atomic E-state index is 0.0757. The number of nitrogens with zero attached hydrogens (tertiary/aromatic N) is 3. The molecule has 1 rings (SSSR count). The summed E-state index contributed by atoms with van der Waals surface area (Å²) in [6, 6.07) is 0.133. The van der Waals surface area contributed by atoms with Gasteiger partial charge in [-0.2, -0.15) is 4.98 Å². The number of hydrogen-bond donors (Lipinski definition) is 1. The molecule has 0 spiro atoms. The average Bonchev–Trinajstić information content (AvgIpc) is 2.78. The molecular formula is C13H24N4O2. The monoisotopic (exact) mass is 268 g/mol. The molecule has 1 unspecified atom stereocenters. The standard InChI is InChI=1S/C13H24N4O2/c1-9(2)11(14)7-8-17(4)13(18)6-5-12-15-10(3)16-19-12/h9,11H,5-8,14H2,1-4H3. The van der Waals surface area contributed by atoms with E-state index in [9.17, 15) is 4.79 Å². The summed E-state index contributed by atoms with van der Waals surface area (Å²) in [5.74, 6) is 1.62. The lowest BCUT2D eigenvalue weighted by molar-refractivity contribution is -0.130.